The molecule has 0 spiro atoms. The van der Waals surface area contributed by atoms with Gasteiger partial charge in [-0.05, 0) is 18.4 Å². The minimum atomic E-state index is 0.209. The Morgan fingerprint density at radius 2 is 2.00 bits per heavy atom. The van der Waals surface area contributed by atoms with Crippen LogP contribution in [0.4, 0.5) is 5.95 Å². The second-order valence-electron chi connectivity index (χ2n) is 2.95. The summed E-state index contributed by atoms with van der Waals surface area (Å²) in [6.07, 6.45) is 2.00. The van der Waals surface area contributed by atoms with E-state index in [9.17, 15) is 0 Å². The van der Waals surface area contributed by atoms with E-state index in [1.54, 1.807) is 11.8 Å². The fraction of sp³-hybridized carbons (Fsp3) is 0.111. The molecule has 78 valence electrons. The molecule has 0 aliphatic heterocycles. The largest absolute Gasteiger partial charge is 0.366 e. The smallest absolute Gasteiger partial charge is 0.241 e. The second-order valence-corrected chi connectivity index (χ2v) is 3.80. The van der Waals surface area contributed by atoms with E-state index in [0.717, 1.165) is 10.5 Å². The Bertz CT molecular complexity index is 479. The number of nitrogen functional groups attached to an aromatic ring is 2. The van der Waals surface area contributed by atoms with Gasteiger partial charge in [0.15, 0.2) is 5.82 Å². The molecule has 0 atom stereocenters. The van der Waals surface area contributed by atoms with Crippen LogP contribution in [0.15, 0.2) is 29.2 Å². The van der Waals surface area contributed by atoms with Gasteiger partial charge in [-0.1, -0.05) is 12.1 Å². The highest BCUT2D eigenvalue weighted by molar-refractivity contribution is 7.98. The molecule has 0 bridgehead atoms. The van der Waals surface area contributed by atoms with Crippen molar-refractivity contribution < 1.29 is 0 Å². The maximum atomic E-state index is 5.72. The lowest BCUT2D eigenvalue weighted by atomic mass is 10.2. The zero-order chi connectivity index (χ0) is 10.8. The molecule has 0 unspecified atom stereocenters. The highest BCUT2D eigenvalue weighted by Gasteiger charge is 2.11. The van der Waals surface area contributed by atoms with Crippen LogP contribution in [-0.2, 0) is 0 Å². The predicted octanol–water partition coefficient (Wildman–Crippen LogP) is 0.963. The summed E-state index contributed by atoms with van der Waals surface area (Å²) in [7, 11) is 0. The van der Waals surface area contributed by atoms with Crippen molar-refractivity contribution in [1.82, 2.24) is 14.9 Å². The number of nitrogens with zero attached hydrogens (tertiary/aromatic N) is 3. The Morgan fingerprint density at radius 1 is 1.27 bits per heavy atom. The Labute approximate surface area is 91.5 Å². The maximum Gasteiger partial charge on any atom is 0.241 e. The number of anilines is 1. The van der Waals surface area contributed by atoms with E-state index in [-0.39, 0.29) is 5.95 Å². The lowest BCUT2D eigenvalue weighted by Crippen LogP contribution is -2.13. The van der Waals surface area contributed by atoms with E-state index >= 15 is 0 Å². The van der Waals surface area contributed by atoms with Crippen LogP contribution in [0.3, 0.4) is 0 Å². The summed E-state index contributed by atoms with van der Waals surface area (Å²) < 4.78 is 1.29. The third kappa shape index (κ3) is 1.63. The van der Waals surface area contributed by atoms with Crippen molar-refractivity contribution in [3.8, 4) is 11.4 Å². The summed E-state index contributed by atoms with van der Waals surface area (Å²) in [5.41, 5.74) is 6.47. The molecule has 0 fully saturated rings. The van der Waals surface area contributed by atoms with Crippen LogP contribution in [-0.4, -0.2) is 21.1 Å². The maximum absolute atomic E-state index is 5.72. The van der Waals surface area contributed by atoms with Crippen LogP contribution >= 0.6 is 11.8 Å². The first kappa shape index (κ1) is 9.85. The van der Waals surface area contributed by atoms with Crippen molar-refractivity contribution in [2.45, 2.75) is 4.90 Å². The normalized spacial score (nSPS) is 10.5. The molecule has 0 saturated carbocycles. The van der Waals surface area contributed by atoms with E-state index in [1.807, 2.05) is 30.5 Å². The van der Waals surface area contributed by atoms with Crippen molar-refractivity contribution in [3.63, 3.8) is 0 Å². The number of hydrogen-bond acceptors (Lipinski definition) is 5. The molecule has 0 aliphatic carbocycles. The van der Waals surface area contributed by atoms with Crippen molar-refractivity contribution in [3.05, 3.63) is 24.3 Å². The molecule has 0 saturated heterocycles. The third-order valence-electron chi connectivity index (χ3n) is 2.07. The summed E-state index contributed by atoms with van der Waals surface area (Å²) in [6.45, 7) is 0. The van der Waals surface area contributed by atoms with Crippen LogP contribution in [0.5, 0.6) is 0 Å². The van der Waals surface area contributed by atoms with Gasteiger partial charge in [-0.3, -0.25) is 0 Å². The van der Waals surface area contributed by atoms with Crippen LogP contribution in [0, 0.1) is 0 Å². The lowest BCUT2D eigenvalue weighted by molar-refractivity contribution is 1.02. The van der Waals surface area contributed by atoms with Gasteiger partial charge in [-0.2, -0.15) is 0 Å². The Morgan fingerprint density at radius 3 is 2.60 bits per heavy atom. The first-order chi connectivity index (χ1) is 7.24. The Kier molecular flexibility index (Phi) is 2.51. The molecule has 1 aromatic heterocycles. The molecule has 2 aromatic rings. The van der Waals surface area contributed by atoms with Crippen LogP contribution in [0.2, 0.25) is 0 Å². The molecule has 6 heteroatoms. The molecule has 5 nitrogen and oxygen atoms in total. The minimum Gasteiger partial charge on any atom is -0.366 e. The fourth-order valence-electron chi connectivity index (χ4n) is 1.32. The first-order valence-electron chi connectivity index (χ1n) is 4.33. The van der Waals surface area contributed by atoms with Gasteiger partial charge in [0.05, 0.1) is 0 Å². The molecule has 15 heavy (non-hydrogen) atoms. The molecule has 0 radical (unpaired) electrons. The van der Waals surface area contributed by atoms with E-state index in [0.29, 0.717) is 5.82 Å². The van der Waals surface area contributed by atoms with Crippen molar-refractivity contribution >= 4 is 17.7 Å². The molecule has 1 heterocycles. The number of nitrogens with two attached hydrogens (primary N) is 2. The number of rotatable bonds is 2. The minimum absolute atomic E-state index is 0.209. The monoisotopic (exact) mass is 221 g/mol. The zero-order valence-electron chi connectivity index (χ0n) is 8.21. The van der Waals surface area contributed by atoms with Gasteiger partial charge in [0.25, 0.3) is 0 Å². The van der Waals surface area contributed by atoms with Gasteiger partial charge in [-0.15, -0.1) is 22.0 Å². The van der Waals surface area contributed by atoms with Crippen molar-refractivity contribution in [1.29, 1.82) is 0 Å². The molecule has 0 amide bonds. The zero-order valence-corrected chi connectivity index (χ0v) is 9.03. The molecule has 2 rings (SSSR count). The molecule has 0 aliphatic rings. The summed E-state index contributed by atoms with van der Waals surface area (Å²) in [4.78, 5) is 1.09. The standard InChI is InChI=1S/C9H11N5S/c1-15-7-5-3-2-4-6(7)8-12-13-9(10)14(8)11/h2-5H,11H2,1H3,(H2,10,13). The van der Waals surface area contributed by atoms with E-state index < -0.39 is 0 Å². The van der Waals surface area contributed by atoms with E-state index in [4.69, 9.17) is 11.6 Å². The van der Waals surface area contributed by atoms with Gasteiger partial charge in [0, 0.05) is 10.5 Å². The number of aromatic nitrogens is 3. The van der Waals surface area contributed by atoms with E-state index in [1.165, 1.54) is 4.68 Å². The fourth-order valence-corrected chi connectivity index (χ4v) is 1.91. The topological polar surface area (TPSA) is 82.8 Å². The SMILES string of the molecule is CSc1ccccc1-c1nnc(N)n1N. The number of hydrogen-bond donors (Lipinski definition) is 2. The van der Waals surface area contributed by atoms with Crippen LogP contribution in [0.1, 0.15) is 0 Å². The van der Waals surface area contributed by atoms with E-state index in [2.05, 4.69) is 10.2 Å². The van der Waals surface area contributed by atoms with Crippen LogP contribution in [0.25, 0.3) is 11.4 Å². The van der Waals surface area contributed by atoms with Gasteiger partial charge < -0.3 is 11.6 Å². The quantitative estimate of drug-likeness (QED) is 0.583. The highest BCUT2D eigenvalue weighted by Crippen LogP contribution is 2.28. The average molecular weight is 221 g/mol. The number of benzene rings is 1. The number of thioether (sulfide) groups is 1. The second kappa shape index (κ2) is 3.82. The van der Waals surface area contributed by atoms with Crippen molar-refractivity contribution in [2.24, 2.45) is 0 Å². The lowest BCUT2D eigenvalue weighted by Gasteiger charge is -2.05. The molecule has 4 N–H and O–H groups in total. The molecular weight excluding hydrogens is 210 g/mol. The predicted molar refractivity (Wildman–Crippen MR) is 61.8 cm³/mol. The van der Waals surface area contributed by atoms with Crippen molar-refractivity contribution in [2.75, 3.05) is 17.8 Å². The summed E-state index contributed by atoms with van der Waals surface area (Å²) in [5, 5.41) is 7.67. The van der Waals surface area contributed by atoms with Gasteiger partial charge in [0.1, 0.15) is 0 Å². The Balaban J connectivity index is 2.58. The molecular formula is C9H11N5S. The Hall–Kier alpha value is -1.69. The van der Waals surface area contributed by atoms with Gasteiger partial charge in [-0.25, -0.2) is 4.68 Å². The summed E-state index contributed by atoms with van der Waals surface area (Å²) in [6, 6.07) is 7.85. The highest BCUT2D eigenvalue weighted by atomic mass is 32.2. The molecule has 1 aromatic carbocycles. The van der Waals surface area contributed by atoms with Gasteiger partial charge in [0.2, 0.25) is 5.95 Å². The van der Waals surface area contributed by atoms with Crippen LogP contribution < -0.4 is 11.6 Å². The summed E-state index contributed by atoms with van der Waals surface area (Å²) >= 11 is 1.63. The average Bonchev–Trinajstić information content (AvgIpc) is 2.60. The first-order valence-corrected chi connectivity index (χ1v) is 5.56. The summed E-state index contributed by atoms with van der Waals surface area (Å²) in [5.74, 6) is 6.51. The van der Waals surface area contributed by atoms with Gasteiger partial charge >= 0.3 is 0 Å². The third-order valence-corrected chi connectivity index (χ3v) is 2.87.